The van der Waals surface area contributed by atoms with Gasteiger partial charge in [0.25, 0.3) is 0 Å². The zero-order chi connectivity index (χ0) is 14.3. The first-order chi connectivity index (χ1) is 8.27. The van der Waals surface area contributed by atoms with Gasteiger partial charge in [-0.1, -0.05) is 11.8 Å². The van der Waals surface area contributed by atoms with E-state index in [-0.39, 0.29) is 5.37 Å². The zero-order valence-electron chi connectivity index (χ0n) is 9.05. The molecule has 1 heterocycles. The van der Waals surface area contributed by atoms with Crippen LogP contribution >= 0.6 is 11.8 Å². The second-order valence-corrected chi connectivity index (χ2v) is 4.45. The molecule has 1 aliphatic heterocycles. The lowest BCUT2D eigenvalue weighted by Crippen LogP contribution is -2.88. The third-order valence-corrected chi connectivity index (χ3v) is 3.06. The predicted octanol–water partition coefficient (Wildman–Crippen LogP) is -4.75. The Bertz CT molecular complexity index is 298. The van der Waals surface area contributed by atoms with Crippen molar-refractivity contribution in [1.82, 2.24) is 0 Å². The van der Waals surface area contributed by atoms with E-state index in [9.17, 15) is 19.5 Å². The molecule has 0 amide bonds. The van der Waals surface area contributed by atoms with Gasteiger partial charge in [0, 0.05) is 5.75 Å². The van der Waals surface area contributed by atoms with Crippen LogP contribution in [0.1, 0.15) is 0 Å². The molecule has 0 unspecified atom stereocenters. The molecule has 0 bridgehead atoms. The smallest absolute Gasteiger partial charge is 0.373 e. The fourth-order valence-corrected chi connectivity index (χ4v) is 1.86. The molecule has 1 aliphatic rings. The topological polar surface area (TPSA) is 172 Å². The molecule has 18 heavy (non-hydrogen) atoms. The maximum Gasteiger partial charge on any atom is 0.373 e. The van der Waals surface area contributed by atoms with E-state index in [1.807, 2.05) is 5.32 Å². The maximum absolute atomic E-state index is 10.1. The second-order valence-electron chi connectivity index (χ2n) is 3.20. The normalized spacial score (nSPS) is 21.3. The first-order valence-electron chi connectivity index (χ1n) is 4.75. The molecule has 0 aliphatic carbocycles. The monoisotopic (exact) mass is 283 g/mol. The Hall–Kier alpha value is -1.36. The summed E-state index contributed by atoms with van der Waals surface area (Å²) in [6.45, 7) is 0.946. The highest BCUT2D eigenvalue weighted by atomic mass is 32.2. The summed E-state index contributed by atoms with van der Waals surface area (Å²) in [5.74, 6) is -3.56. The van der Waals surface area contributed by atoms with E-state index < -0.39 is 30.1 Å². The van der Waals surface area contributed by atoms with Gasteiger partial charge in [0.15, 0.2) is 6.10 Å². The number of thioether (sulfide) groups is 1. The molecule has 0 aromatic heterocycles. The lowest BCUT2D eigenvalue weighted by Gasteiger charge is -2.13. The number of carboxylic acid groups (broad SMARTS) is 3. The number of quaternary nitrogens is 1. The Labute approximate surface area is 105 Å². The van der Waals surface area contributed by atoms with Crippen LogP contribution in [0, 0.1) is 0 Å². The maximum atomic E-state index is 10.1. The first kappa shape index (κ1) is 16.6. The summed E-state index contributed by atoms with van der Waals surface area (Å²) in [6.07, 6.45) is -4.71. The number of carbonyl (C=O) groups excluding carboxylic acids is 1. The standard InChI is InChI=1S/C4H7NO2S.C4H6O6/c6-4(7)3-5-1-2-8-3;5-1(3(7)8)2(6)4(9)10/h3,5H,1-2H2,(H,6,7);1-2,5-6H,(H,7,8)(H,9,10)/t3-;1-,2-/m11/s1. The van der Waals surface area contributed by atoms with Crippen molar-refractivity contribution >= 4 is 29.7 Å². The number of hydrogen-bond acceptors (Lipinski definition) is 7. The highest BCUT2D eigenvalue weighted by Gasteiger charge is 2.25. The molecule has 9 nitrogen and oxygen atoms in total. The van der Waals surface area contributed by atoms with Crippen molar-refractivity contribution in [1.29, 1.82) is 0 Å². The fraction of sp³-hybridized carbons (Fsp3) is 0.625. The summed E-state index contributed by atoms with van der Waals surface area (Å²) in [5, 5.41) is 44.1. The fourth-order valence-electron chi connectivity index (χ4n) is 0.919. The molecular weight excluding hydrogens is 270 g/mol. The van der Waals surface area contributed by atoms with E-state index in [0.29, 0.717) is 0 Å². The molecule has 10 heteroatoms. The minimum atomic E-state index is -2.38. The number of carbonyl (C=O) groups is 3. The van der Waals surface area contributed by atoms with Crippen LogP contribution < -0.4 is 10.4 Å². The molecule has 0 saturated carbocycles. The van der Waals surface area contributed by atoms with E-state index >= 15 is 0 Å². The van der Waals surface area contributed by atoms with Gasteiger partial charge < -0.3 is 35.6 Å². The van der Waals surface area contributed by atoms with Gasteiger partial charge in [-0.05, 0) is 0 Å². The minimum Gasteiger partial charge on any atom is -0.547 e. The minimum absolute atomic E-state index is 0.227. The Balaban J connectivity index is 0.000000327. The van der Waals surface area contributed by atoms with Crippen LogP contribution in [0.25, 0.3) is 0 Å². The van der Waals surface area contributed by atoms with Crippen LogP contribution in [-0.4, -0.2) is 68.2 Å². The second kappa shape index (κ2) is 7.87. The van der Waals surface area contributed by atoms with Gasteiger partial charge in [0.1, 0.15) is 6.10 Å². The molecule has 104 valence electrons. The van der Waals surface area contributed by atoms with Gasteiger partial charge in [-0.25, -0.2) is 9.59 Å². The van der Waals surface area contributed by atoms with Gasteiger partial charge >= 0.3 is 11.9 Å². The number of aliphatic carboxylic acids is 3. The molecule has 1 fully saturated rings. The largest absolute Gasteiger partial charge is 0.547 e. The SMILES string of the molecule is O=C(O)[C@@H]1[NH2+]CCS1.O=C([O-])[C@H](O)[C@@H](O)C(=O)O. The van der Waals surface area contributed by atoms with Crippen LogP contribution in [0.2, 0.25) is 0 Å². The van der Waals surface area contributed by atoms with E-state index in [1.54, 1.807) is 0 Å². The lowest BCUT2D eigenvalue weighted by molar-refractivity contribution is -0.647. The van der Waals surface area contributed by atoms with Crippen molar-refractivity contribution < 1.29 is 45.2 Å². The highest BCUT2D eigenvalue weighted by molar-refractivity contribution is 8.00. The molecule has 3 atom stereocenters. The van der Waals surface area contributed by atoms with Crippen molar-refractivity contribution in [2.24, 2.45) is 0 Å². The van der Waals surface area contributed by atoms with Crippen molar-refractivity contribution in [2.45, 2.75) is 17.6 Å². The third-order valence-electron chi connectivity index (χ3n) is 1.83. The Morgan fingerprint density at radius 2 is 1.78 bits per heavy atom. The third kappa shape index (κ3) is 5.82. The molecule has 0 spiro atoms. The summed E-state index contributed by atoms with van der Waals surface area (Å²) in [5.41, 5.74) is 0. The van der Waals surface area contributed by atoms with Crippen molar-refractivity contribution in [3.63, 3.8) is 0 Å². The van der Waals surface area contributed by atoms with Gasteiger partial charge in [-0.3, -0.25) is 0 Å². The predicted molar refractivity (Wildman–Crippen MR) is 55.3 cm³/mol. The van der Waals surface area contributed by atoms with E-state index in [1.165, 1.54) is 11.8 Å². The van der Waals surface area contributed by atoms with Crippen molar-refractivity contribution in [3.05, 3.63) is 0 Å². The van der Waals surface area contributed by atoms with Crippen LogP contribution in [0.5, 0.6) is 0 Å². The number of aliphatic hydroxyl groups excluding tert-OH is 2. The Kier molecular flexibility index (Phi) is 7.27. The van der Waals surface area contributed by atoms with Crippen LogP contribution in [-0.2, 0) is 14.4 Å². The Morgan fingerprint density at radius 3 is 1.94 bits per heavy atom. The number of carboxylic acids is 3. The molecular formula is C8H13NO8S. The highest BCUT2D eigenvalue weighted by Crippen LogP contribution is 2.06. The van der Waals surface area contributed by atoms with Crippen LogP contribution in [0.15, 0.2) is 0 Å². The average molecular weight is 283 g/mol. The van der Waals surface area contributed by atoms with E-state index in [2.05, 4.69) is 0 Å². The average Bonchev–Trinajstić information content (AvgIpc) is 2.81. The van der Waals surface area contributed by atoms with Crippen LogP contribution in [0.3, 0.4) is 0 Å². The Morgan fingerprint density at radius 1 is 1.22 bits per heavy atom. The molecule has 0 radical (unpaired) electrons. The number of hydrogen-bond donors (Lipinski definition) is 5. The molecule has 1 rings (SSSR count). The quantitative estimate of drug-likeness (QED) is 0.339. The molecule has 1 saturated heterocycles. The summed E-state index contributed by atoms with van der Waals surface area (Å²) >= 11 is 1.50. The molecule has 0 aromatic carbocycles. The number of rotatable bonds is 4. The first-order valence-corrected chi connectivity index (χ1v) is 5.79. The zero-order valence-corrected chi connectivity index (χ0v) is 9.87. The summed E-state index contributed by atoms with van der Waals surface area (Å²) < 4.78 is 0. The van der Waals surface area contributed by atoms with Crippen molar-refractivity contribution in [2.75, 3.05) is 12.3 Å². The lowest BCUT2D eigenvalue weighted by atomic mass is 10.2. The summed E-state index contributed by atoms with van der Waals surface area (Å²) in [4.78, 5) is 29.6. The molecule has 6 N–H and O–H groups in total. The summed E-state index contributed by atoms with van der Waals surface area (Å²) in [7, 11) is 0. The van der Waals surface area contributed by atoms with Gasteiger partial charge in [-0.15, -0.1) is 0 Å². The van der Waals surface area contributed by atoms with Crippen LogP contribution in [0.4, 0.5) is 0 Å². The van der Waals surface area contributed by atoms with Gasteiger partial charge in [0.05, 0.1) is 12.5 Å². The van der Waals surface area contributed by atoms with Gasteiger partial charge in [-0.2, -0.15) is 0 Å². The van der Waals surface area contributed by atoms with Gasteiger partial charge in [0.2, 0.25) is 5.37 Å². The van der Waals surface area contributed by atoms with Crippen molar-refractivity contribution in [3.8, 4) is 0 Å². The van der Waals surface area contributed by atoms with E-state index in [4.69, 9.17) is 20.4 Å². The van der Waals surface area contributed by atoms with E-state index in [0.717, 1.165) is 12.3 Å². The number of nitrogens with two attached hydrogens (primary N) is 1. The molecule has 0 aromatic rings. The number of aliphatic hydroxyl groups is 2. The summed E-state index contributed by atoms with van der Waals surface area (Å²) in [6, 6.07) is 0.